The van der Waals surface area contributed by atoms with Gasteiger partial charge in [-0.3, -0.25) is 0 Å². The Bertz CT molecular complexity index is 122. The van der Waals surface area contributed by atoms with Crippen molar-refractivity contribution >= 4 is 0 Å². The molecule has 52 valence electrons. The van der Waals surface area contributed by atoms with Crippen LogP contribution < -0.4 is 0 Å². The van der Waals surface area contributed by atoms with Gasteiger partial charge in [0, 0.05) is 6.42 Å². The first kappa shape index (κ1) is 6.75. The van der Waals surface area contributed by atoms with Crippen molar-refractivity contribution in [2.24, 2.45) is 0 Å². The van der Waals surface area contributed by atoms with E-state index in [1.54, 1.807) is 0 Å². The van der Waals surface area contributed by atoms with Crippen LogP contribution >= 0.6 is 0 Å². The molecule has 0 saturated heterocycles. The van der Waals surface area contributed by atoms with E-state index in [-0.39, 0.29) is 0 Å². The van der Waals surface area contributed by atoms with E-state index >= 15 is 0 Å². The SMILES string of the molecule is C=C1CC(F)CCC1O. The quantitative estimate of drug-likeness (QED) is 0.492. The maximum absolute atomic E-state index is 12.4. The van der Waals surface area contributed by atoms with Gasteiger partial charge < -0.3 is 5.11 Å². The van der Waals surface area contributed by atoms with Crippen LogP contribution in [0.4, 0.5) is 4.39 Å². The topological polar surface area (TPSA) is 20.2 Å². The summed E-state index contributed by atoms with van der Waals surface area (Å²) in [4.78, 5) is 0. The molecule has 1 rings (SSSR count). The van der Waals surface area contributed by atoms with Gasteiger partial charge in [0.2, 0.25) is 0 Å². The highest BCUT2D eigenvalue weighted by Crippen LogP contribution is 2.24. The molecule has 0 radical (unpaired) electrons. The van der Waals surface area contributed by atoms with Crippen molar-refractivity contribution in [1.82, 2.24) is 0 Å². The lowest BCUT2D eigenvalue weighted by Crippen LogP contribution is -2.21. The molecule has 0 aromatic heterocycles. The molecule has 1 fully saturated rings. The van der Waals surface area contributed by atoms with Gasteiger partial charge in [0.25, 0.3) is 0 Å². The first-order valence-electron chi connectivity index (χ1n) is 3.20. The van der Waals surface area contributed by atoms with Crippen molar-refractivity contribution in [2.75, 3.05) is 0 Å². The Morgan fingerprint density at radius 3 is 2.67 bits per heavy atom. The highest BCUT2D eigenvalue weighted by molar-refractivity contribution is 5.06. The Hall–Kier alpha value is -0.370. The summed E-state index contributed by atoms with van der Waals surface area (Å²) in [5.41, 5.74) is 0.647. The minimum Gasteiger partial charge on any atom is -0.389 e. The zero-order chi connectivity index (χ0) is 6.85. The zero-order valence-corrected chi connectivity index (χ0v) is 5.31. The Morgan fingerprint density at radius 2 is 2.22 bits per heavy atom. The molecule has 0 aromatic carbocycles. The summed E-state index contributed by atoms with van der Waals surface area (Å²) in [6.07, 6.45) is 0.166. The van der Waals surface area contributed by atoms with E-state index in [0.717, 1.165) is 0 Å². The fraction of sp³-hybridized carbons (Fsp3) is 0.714. The second kappa shape index (κ2) is 2.48. The summed E-state index contributed by atoms with van der Waals surface area (Å²) in [6.45, 7) is 3.56. The normalized spacial score (nSPS) is 36.9. The van der Waals surface area contributed by atoms with E-state index in [9.17, 15) is 4.39 Å². The third kappa shape index (κ3) is 1.52. The molecule has 1 nitrogen and oxygen atoms in total. The summed E-state index contributed by atoms with van der Waals surface area (Å²) >= 11 is 0. The number of aliphatic hydroxyl groups is 1. The molecular weight excluding hydrogens is 119 g/mol. The maximum atomic E-state index is 12.4. The van der Waals surface area contributed by atoms with Crippen LogP contribution in [0.3, 0.4) is 0 Å². The minimum absolute atomic E-state index is 0.348. The lowest BCUT2D eigenvalue weighted by Gasteiger charge is -2.21. The molecule has 0 aromatic rings. The molecule has 2 unspecified atom stereocenters. The van der Waals surface area contributed by atoms with Gasteiger partial charge in [-0.2, -0.15) is 0 Å². The van der Waals surface area contributed by atoms with Crippen LogP contribution in [-0.4, -0.2) is 17.4 Å². The molecule has 9 heavy (non-hydrogen) atoms. The van der Waals surface area contributed by atoms with E-state index in [2.05, 4.69) is 6.58 Å². The van der Waals surface area contributed by atoms with Crippen LogP contribution in [0, 0.1) is 0 Å². The summed E-state index contributed by atoms with van der Waals surface area (Å²) in [5, 5.41) is 9.03. The number of hydrogen-bond acceptors (Lipinski definition) is 1. The maximum Gasteiger partial charge on any atom is 0.104 e. The van der Waals surface area contributed by atoms with Crippen LogP contribution in [0.5, 0.6) is 0 Å². The van der Waals surface area contributed by atoms with Crippen LogP contribution in [0.1, 0.15) is 19.3 Å². The Morgan fingerprint density at radius 1 is 1.56 bits per heavy atom. The average molecular weight is 130 g/mol. The van der Waals surface area contributed by atoms with E-state index < -0.39 is 12.3 Å². The molecule has 2 atom stereocenters. The lowest BCUT2D eigenvalue weighted by molar-refractivity contribution is 0.143. The number of halogens is 1. The van der Waals surface area contributed by atoms with Gasteiger partial charge in [0.05, 0.1) is 6.10 Å². The number of alkyl halides is 1. The van der Waals surface area contributed by atoms with Crippen molar-refractivity contribution in [3.63, 3.8) is 0 Å². The van der Waals surface area contributed by atoms with Crippen LogP contribution in [0.15, 0.2) is 12.2 Å². The predicted molar refractivity (Wildman–Crippen MR) is 33.9 cm³/mol. The third-order valence-electron chi connectivity index (χ3n) is 1.71. The summed E-state index contributed by atoms with van der Waals surface area (Å²) in [7, 11) is 0. The van der Waals surface area contributed by atoms with E-state index in [1.165, 1.54) is 0 Å². The van der Waals surface area contributed by atoms with E-state index in [1.807, 2.05) is 0 Å². The average Bonchev–Trinajstić information content (AvgIpc) is 1.80. The summed E-state index contributed by atoms with van der Waals surface area (Å²) < 4.78 is 12.4. The third-order valence-corrected chi connectivity index (χ3v) is 1.71. The smallest absolute Gasteiger partial charge is 0.104 e. The van der Waals surface area contributed by atoms with Crippen molar-refractivity contribution in [3.8, 4) is 0 Å². The fourth-order valence-corrected chi connectivity index (χ4v) is 1.07. The van der Waals surface area contributed by atoms with Gasteiger partial charge in [-0.1, -0.05) is 6.58 Å². The predicted octanol–water partition coefficient (Wildman–Crippen LogP) is 1.43. The molecule has 1 aliphatic rings. The van der Waals surface area contributed by atoms with Crippen molar-refractivity contribution in [1.29, 1.82) is 0 Å². The van der Waals surface area contributed by atoms with Crippen LogP contribution in [0.2, 0.25) is 0 Å². The number of hydrogen-bond donors (Lipinski definition) is 1. The van der Waals surface area contributed by atoms with Crippen molar-refractivity contribution in [2.45, 2.75) is 31.5 Å². The Labute approximate surface area is 54.2 Å². The Balaban J connectivity index is 2.44. The lowest BCUT2D eigenvalue weighted by atomic mass is 9.92. The van der Waals surface area contributed by atoms with E-state index in [0.29, 0.717) is 24.8 Å². The molecule has 1 aliphatic carbocycles. The van der Waals surface area contributed by atoms with Gasteiger partial charge >= 0.3 is 0 Å². The van der Waals surface area contributed by atoms with Crippen molar-refractivity contribution in [3.05, 3.63) is 12.2 Å². The fourth-order valence-electron chi connectivity index (χ4n) is 1.07. The second-order valence-electron chi connectivity index (χ2n) is 2.55. The van der Waals surface area contributed by atoms with E-state index in [4.69, 9.17) is 5.11 Å². The second-order valence-corrected chi connectivity index (χ2v) is 2.55. The molecule has 0 amide bonds. The standard InChI is InChI=1S/C7H11FO/c1-5-4-6(8)2-3-7(5)9/h6-7,9H,1-4H2. The highest BCUT2D eigenvalue weighted by atomic mass is 19.1. The first-order valence-corrected chi connectivity index (χ1v) is 3.20. The van der Waals surface area contributed by atoms with Gasteiger partial charge in [0.15, 0.2) is 0 Å². The van der Waals surface area contributed by atoms with Gasteiger partial charge in [-0.15, -0.1) is 0 Å². The summed E-state index contributed by atoms with van der Waals surface area (Å²) in [5.74, 6) is 0. The zero-order valence-electron chi connectivity index (χ0n) is 5.31. The summed E-state index contributed by atoms with van der Waals surface area (Å²) in [6, 6.07) is 0. The molecule has 0 bridgehead atoms. The minimum atomic E-state index is -0.763. The van der Waals surface area contributed by atoms with Gasteiger partial charge in [-0.05, 0) is 18.4 Å². The first-order chi connectivity index (χ1) is 4.20. The number of rotatable bonds is 0. The van der Waals surface area contributed by atoms with Gasteiger partial charge in [-0.25, -0.2) is 4.39 Å². The highest BCUT2D eigenvalue weighted by Gasteiger charge is 2.21. The monoisotopic (exact) mass is 130 g/mol. The number of aliphatic hydroxyl groups excluding tert-OH is 1. The molecule has 1 saturated carbocycles. The molecular formula is C7H11FO. The Kier molecular flexibility index (Phi) is 1.86. The molecule has 0 spiro atoms. The van der Waals surface area contributed by atoms with Gasteiger partial charge in [0.1, 0.15) is 6.17 Å². The molecule has 0 aliphatic heterocycles. The van der Waals surface area contributed by atoms with Crippen LogP contribution in [-0.2, 0) is 0 Å². The van der Waals surface area contributed by atoms with Crippen LogP contribution in [0.25, 0.3) is 0 Å². The molecule has 2 heteroatoms. The molecule has 0 heterocycles. The largest absolute Gasteiger partial charge is 0.389 e. The van der Waals surface area contributed by atoms with Crippen molar-refractivity contribution < 1.29 is 9.50 Å². The molecule has 1 N–H and O–H groups in total.